The summed E-state index contributed by atoms with van der Waals surface area (Å²) in [6, 6.07) is 22.8. The minimum atomic E-state index is -0.851. The fraction of sp³-hybridized carbons (Fsp3) is 0. The maximum absolute atomic E-state index is 12.6. The second-order valence-corrected chi connectivity index (χ2v) is 7.04. The van der Waals surface area contributed by atoms with Crippen molar-refractivity contribution in [2.24, 2.45) is 5.10 Å². The lowest BCUT2D eigenvalue weighted by Crippen LogP contribution is -2.19. The molecule has 0 fully saturated rings. The molecule has 0 aliphatic rings. The second-order valence-electron chi connectivity index (χ2n) is 7.04. The Bertz CT molecular complexity index is 1380. The zero-order chi connectivity index (χ0) is 23.9. The molecule has 4 rings (SSSR count). The van der Waals surface area contributed by atoms with Gasteiger partial charge in [-0.2, -0.15) is 5.10 Å². The molecular formula is C25H18N4O5. The number of para-hydroxylation sites is 2. The van der Waals surface area contributed by atoms with E-state index in [1.165, 1.54) is 42.6 Å². The van der Waals surface area contributed by atoms with Gasteiger partial charge in [-0.3, -0.25) is 14.9 Å². The topological polar surface area (TPSA) is 116 Å². The van der Waals surface area contributed by atoms with Gasteiger partial charge in [0.2, 0.25) is 0 Å². The van der Waals surface area contributed by atoms with Gasteiger partial charge in [0.1, 0.15) is 11.3 Å². The van der Waals surface area contributed by atoms with Gasteiger partial charge >= 0.3 is 5.97 Å². The lowest BCUT2D eigenvalue weighted by Gasteiger charge is -2.09. The average molecular weight is 454 g/mol. The first-order chi connectivity index (χ1) is 16.5. The monoisotopic (exact) mass is 454 g/mol. The Morgan fingerprint density at radius 2 is 1.62 bits per heavy atom. The number of nitro groups is 1. The number of esters is 1. The van der Waals surface area contributed by atoms with Crippen LogP contribution in [0.4, 0.5) is 5.69 Å². The molecule has 0 saturated carbocycles. The number of rotatable bonds is 7. The smallest absolute Gasteiger partial charge is 0.350 e. The third kappa shape index (κ3) is 5.05. The van der Waals surface area contributed by atoms with E-state index < -0.39 is 10.9 Å². The molecule has 168 valence electrons. The van der Waals surface area contributed by atoms with Crippen LogP contribution in [0.5, 0.6) is 5.75 Å². The van der Waals surface area contributed by atoms with Crippen molar-refractivity contribution in [2.75, 3.05) is 0 Å². The lowest BCUT2D eigenvalue weighted by atomic mass is 10.1. The van der Waals surface area contributed by atoms with Crippen molar-refractivity contribution >= 4 is 23.8 Å². The van der Waals surface area contributed by atoms with Crippen LogP contribution in [0.2, 0.25) is 0 Å². The summed E-state index contributed by atoms with van der Waals surface area (Å²) < 4.78 is 7.12. The molecule has 1 amide bonds. The highest BCUT2D eigenvalue weighted by atomic mass is 16.6. The number of benzene rings is 3. The zero-order valence-corrected chi connectivity index (χ0v) is 17.7. The first-order valence-corrected chi connectivity index (χ1v) is 10.1. The van der Waals surface area contributed by atoms with E-state index in [2.05, 4.69) is 10.5 Å². The maximum Gasteiger partial charge on any atom is 0.350 e. The van der Waals surface area contributed by atoms with Gasteiger partial charge in [-0.15, -0.1) is 0 Å². The van der Waals surface area contributed by atoms with E-state index in [1.54, 1.807) is 24.3 Å². The minimum Gasteiger partial charge on any atom is -0.423 e. The summed E-state index contributed by atoms with van der Waals surface area (Å²) in [5.41, 5.74) is 3.71. The van der Waals surface area contributed by atoms with Crippen LogP contribution >= 0.6 is 0 Å². The first kappa shape index (κ1) is 22.2. The summed E-state index contributed by atoms with van der Waals surface area (Å²) >= 11 is 0. The van der Waals surface area contributed by atoms with Crippen molar-refractivity contribution in [1.29, 1.82) is 0 Å². The van der Waals surface area contributed by atoms with Crippen LogP contribution in [0.1, 0.15) is 26.3 Å². The van der Waals surface area contributed by atoms with E-state index in [9.17, 15) is 19.7 Å². The molecule has 0 aliphatic carbocycles. The molecule has 9 nitrogen and oxygen atoms in total. The van der Waals surface area contributed by atoms with E-state index >= 15 is 0 Å². The van der Waals surface area contributed by atoms with Crippen LogP contribution in [0.15, 0.2) is 102 Å². The molecule has 1 heterocycles. The standard InChI is InChI=1S/C25H18N4O5/c30-24(20-10-1-3-12-22(20)28-14-5-6-15-28)27-26-17-18-8-7-9-19(16-18)34-25(31)21-11-2-4-13-23(21)29(32)33/h1-17H,(H,27,30)/b26-17+. The van der Waals surface area contributed by atoms with Gasteiger partial charge in [-0.25, -0.2) is 10.2 Å². The van der Waals surface area contributed by atoms with Crippen LogP contribution in [0, 0.1) is 10.1 Å². The minimum absolute atomic E-state index is 0.153. The second kappa shape index (κ2) is 10.0. The normalized spacial score (nSPS) is 10.7. The predicted molar refractivity (Wildman–Crippen MR) is 125 cm³/mol. The largest absolute Gasteiger partial charge is 0.423 e. The molecule has 0 unspecified atom stereocenters. The number of nitro benzene ring substituents is 1. The Hall–Kier alpha value is -5.05. The Morgan fingerprint density at radius 3 is 2.38 bits per heavy atom. The predicted octanol–water partition coefficient (Wildman–Crippen LogP) is 4.37. The highest BCUT2D eigenvalue weighted by Crippen LogP contribution is 2.21. The van der Waals surface area contributed by atoms with Crippen molar-refractivity contribution in [3.8, 4) is 11.4 Å². The van der Waals surface area contributed by atoms with Gasteiger partial charge < -0.3 is 9.30 Å². The maximum atomic E-state index is 12.6. The van der Waals surface area contributed by atoms with E-state index in [4.69, 9.17) is 4.74 Å². The number of carbonyl (C=O) groups excluding carboxylic acids is 2. The van der Waals surface area contributed by atoms with Gasteiger partial charge in [0.05, 0.1) is 22.4 Å². The molecule has 0 atom stereocenters. The number of hydrogen-bond acceptors (Lipinski definition) is 6. The number of nitrogens with one attached hydrogen (secondary N) is 1. The van der Waals surface area contributed by atoms with Gasteiger partial charge in [-0.1, -0.05) is 36.4 Å². The van der Waals surface area contributed by atoms with Crippen molar-refractivity contribution in [1.82, 2.24) is 9.99 Å². The Balaban J connectivity index is 1.45. The Labute approximate surface area is 194 Å². The first-order valence-electron chi connectivity index (χ1n) is 10.1. The molecule has 1 aromatic heterocycles. The van der Waals surface area contributed by atoms with Crippen LogP contribution in [-0.4, -0.2) is 27.6 Å². The third-order valence-electron chi connectivity index (χ3n) is 4.80. The molecule has 0 spiro atoms. The number of hydrogen-bond donors (Lipinski definition) is 1. The molecule has 34 heavy (non-hydrogen) atoms. The molecule has 1 N–H and O–H groups in total. The number of ether oxygens (including phenoxy) is 1. The van der Waals surface area contributed by atoms with E-state index in [0.717, 1.165) is 0 Å². The molecule has 0 radical (unpaired) electrons. The summed E-state index contributed by atoms with van der Waals surface area (Å²) in [6.07, 6.45) is 5.08. The van der Waals surface area contributed by atoms with Gasteiger partial charge in [0.25, 0.3) is 11.6 Å². The number of hydrazone groups is 1. The van der Waals surface area contributed by atoms with Crippen LogP contribution in [-0.2, 0) is 0 Å². The van der Waals surface area contributed by atoms with Gasteiger partial charge in [0.15, 0.2) is 0 Å². The molecule has 3 aromatic carbocycles. The average Bonchev–Trinajstić information content (AvgIpc) is 3.39. The molecule has 4 aromatic rings. The van der Waals surface area contributed by atoms with Crippen LogP contribution < -0.4 is 10.2 Å². The quantitative estimate of drug-likeness (QED) is 0.146. The van der Waals surface area contributed by atoms with Gasteiger partial charge in [-0.05, 0) is 48.0 Å². The summed E-state index contributed by atoms with van der Waals surface area (Å²) in [6.45, 7) is 0. The van der Waals surface area contributed by atoms with E-state index in [0.29, 0.717) is 16.8 Å². The summed E-state index contributed by atoms with van der Waals surface area (Å²) in [4.78, 5) is 35.6. The van der Waals surface area contributed by atoms with Crippen LogP contribution in [0.3, 0.4) is 0 Å². The number of nitrogens with zero attached hydrogens (tertiary/aromatic N) is 3. The number of carbonyl (C=O) groups is 2. The molecular weight excluding hydrogens is 436 g/mol. The van der Waals surface area contributed by atoms with Crippen LogP contribution in [0.25, 0.3) is 5.69 Å². The molecule has 0 saturated heterocycles. The van der Waals surface area contributed by atoms with Crippen molar-refractivity contribution in [3.63, 3.8) is 0 Å². The fourth-order valence-corrected chi connectivity index (χ4v) is 3.24. The summed E-state index contributed by atoms with van der Waals surface area (Å²) in [5, 5.41) is 15.1. The summed E-state index contributed by atoms with van der Waals surface area (Å²) in [7, 11) is 0. The lowest BCUT2D eigenvalue weighted by molar-refractivity contribution is -0.385. The summed E-state index contributed by atoms with van der Waals surface area (Å²) in [5.74, 6) is -1.06. The van der Waals surface area contributed by atoms with Crippen molar-refractivity contribution in [2.45, 2.75) is 0 Å². The van der Waals surface area contributed by atoms with E-state index in [-0.39, 0.29) is 22.9 Å². The third-order valence-corrected chi connectivity index (χ3v) is 4.80. The highest BCUT2D eigenvalue weighted by Gasteiger charge is 2.21. The SMILES string of the molecule is O=C(N/N=C/c1cccc(OC(=O)c2ccccc2[N+](=O)[O-])c1)c1ccccc1-n1cccc1. The highest BCUT2D eigenvalue weighted by molar-refractivity contribution is 5.98. The molecule has 0 bridgehead atoms. The molecule has 9 heteroatoms. The Morgan fingerprint density at radius 1 is 0.912 bits per heavy atom. The Kier molecular flexibility index (Phi) is 6.55. The number of aromatic nitrogens is 1. The fourth-order valence-electron chi connectivity index (χ4n) is 3.24. The zero-order valence-electron chi connectivity index (χ0n) is 17.7. The van der Waals surface area contributed by atoms with Crippen molar-refractivity contribution < 1.29 is 19.2 Å². The van der Waals surface area contributed by atoms with Gasteiger partial charge in [0, 0.05) is 18.5 Å². The number of amides is 1. The van der Waals surface area contributed by atoms with E-state index in [1.807, 2.05) is 41.2 Å². The van der Waals surface area contributed by atoms with Crippen molar-refractivity contribution in [3.05, 3.63) is 124 Å². The molecule has 0 aliphatic heterocycles.